The van der Waals surface area contributed by atoms with Gasteiger partial charge in [-0.2, -0.15) is 0 Å². The maximum absolute atomic E-state index is 12.4. The van der Waals surface area contributed by atoms with Crippen LogP contribution >= 0.6 is 0 Å². The van der Waals surface area contributed by atoms with Crippen molar-refractivity contribution in [3.8, 4) is 17.0 Å². The number of para-hydroxylation sites is 1. The molecule has 0 atom stereocenters. The minimum atomic E-state index is -1.42. The van der Waals surface area contributed by atoms with E-state index in [4.69, 9.17) is 0 Å². The quantitative estimate of drug-likeness (QED) is 0.556. The number of rotatable bonds is 4. The molecular weight excluding hydrogens is 358 g/mol. The van der Waals surface area contributed by atoms with Gasteiger partial charge in [0, 0.05) is 35.8 Å². The number of aromatic nitrogens is 2. The number of nitrogens with zero attached hydrogens (tertiary/aromatic N) is 1. The first-order valence-electron chi connectivity index (χ1n) is 9.47. The predicted molar refractivity (Wildman–Crippen MR) is 107 cm³/mol. The van der Waals surface area contributed by atoms with Crippen LogP contribution in [0.15, 0.2) is 23.0 Å². The number of carbonyl (C=O) groups is 1. The van der Waals surface area contributed by atoms with Gasteiger partial charge < -0.3 is 25.1 Å². The third-order valence-corrected chi connectivity index (χ3v) is 5.58. The van der Waals surface area contributed by atoms with E-state index in [0.717, 1.165) is 53.7 Å². The fraction of sp³-hybridized carbons (Fsp3) is 0.333. The number of fused-ring (bicyclic) bond motifs is 5. The minimum absolute atomic E-state index is 0.417. The molecule has 0 fully saturated rings. The standard InChI is InChI=1S/C21H23N3O4/c1-3-22-10-11-6-4-7-12-15-14(24(2)18(11)12)9-5-8-13-17(15)23-20(26)16(19(13)25)21(27)28/h4,6-7,22H,3,5,8-10H2,1-2H3,(H,27,28)(H2,23,25,26). The van der Waals surface area contributed by atoms with Crippen LogP contribution in [0.2, 0.25) is 0 Å². The molecule has 2 aromatic heterocycles. The summed E-state index contributed by atoms with van der Waals surface area (Å²) in [5, 5.41) is 24.2. The van der Waals surface area contributed by atoms with E-state index in [-0.39, 0.29) is 0 Å². The van der Waals surface area contributed by atoms with Crippen molar-refractivity contribution in [1.29, 1.82) is 0 Å². The Hall–Kier alpha value is -3.06. The highest BCUT2D eigenvalue weighted by Crippen LogP contribution is 2.41. The molecule has 4 N–H and O–H groups in total. The van der Waals surface area contributed by atoms with Crippen LogP contribution in [0.25, 0.3) is 22.2 Å². The highest BCUT2D eigenvalue weighted by atomic mass is 16.4. The largest absolute Gasteiger partial charge is 0.506 e. The summed E-state index contributed by atoms with van der Waals surface area (Å²) in [5.74, 6) is -1.84. The lowest BCUT2D eigenvalue weighted by atomic mass is 9.99. The van der Waals surface area contributed by atoms with Crippen molar-refractivity contribution in [3.05, 3.63) is 50.9 Å². The van der Waals surface area contributed by atoms with Gasteiger partial charge in [0.25, 0.3) is 5.56 Å². The molecule has 146 valence electrons. The predicted octanol–water partition coefficient (Wildman–Crippen LogP) is 2.54. The zero-order valence-corrected chi connectivity index (χ0v) is 15.9. The van der Waals surface area contributed by atoms with Crippen LogP contribution in [0, 0.1) is 0 Å². The molecule has 0 bridgehead atoms. The highest BCUT2D eigenvalue weighted by Gasteiger charge is 2.28. The molecule has 0 unspecified atom stereocenters. The molecule has 7 heteroatoms. The smallest absolute Gasteiger partial charge is 0.345 e. The molecule has 7 nitrogen and oxygen atoms in total. The van der Waals surface area contributed by atoms with Crippen LogP contribution in [-0.2, 0) is 26.4 Å². The van der Waals surface area contributed by atoms with Gasteiger partial charge >= 0.3 is 5.97 Å². The molecule has 2 heterocycles. The molecule has 1 aliphatic carbocycles. The molecule has 1 aromatic carbocycles. The first kappa shape index (κ1) is 18.3. The summed E-state index contributed by atoms with van der Waals surface area (Å²) in [6, 6.07) is 6.08. The third-order valence-electron chi connectivity index (χ3n) is 5.58. The molecule has 4 rings (SSSR count). The summed E-state index contributed by atoms with van der Waals surface area (Å²) >= 11 is 0. The fourth-order valence-corrected chi connectivity index (χ4v) is 4.34. The normalized spacial score (nSPS) is 13.2. The number of aromatic carboxylic acids is 1. The zero-order valence-electron chi connectivity index (χ0n) is 15.9. The average molecular weight is 381 g/mol. The molecule has 3 aromatic rings. The summed E-state index contributed by atoms with van der Waals surface area (Å²) in [6.07, 6.45) is 2.04. The van der Waals surface area contributed by atoms with Crippen LogP contribution in [-0.4, -0.2) is 32.3 Å². The second-order valence-electron chi connectivity index (χ2n) is 7.16. The number of hydrogen-bond donors (Lipinski definition) is 4. The molecule has 0 saturated carbocycles. The maximum atomic E-state index is 12.4. The van der Waals surface area contributed by atoms with E-state index in [1.54, 1.807) is 0 Å². The minimum Gasteiger partial charge on any atom is -0.506 e. The van der Waals surface area contributed by atoms with Gasteiger partial charge in [-0.1, -0.05) is 25.1 Å². The van der Waals surface area contributed by atoms with Crippen molar-refractivity contribution in [2.45, 2.75) is 32.7 Å². The summed E-state index contributed by atoms with van der Waals surface area (Å²) in [7, 11) is 2.02. The number of carboxylic acids is 1. The van der Waals surface area contributed by atoms with Crippen molar-refractivity contribution in [1.82, 2.24) is 14.9 Å². The average Bonchev–Trinajstić information content (AvgIpc) is 2.81. The lowest BCUT2D eigenvalue weighted by molar-refractivity contribution is 0.0691. The Kier molecular flexibility index (Phi) is 4.47. The molecule has 0 amide bonds. The van der Waals surface area contributed by atoms with Gasteiger partial charge in [-0.15, -0.1) is 0 Å². The van der Waals surface area contributed by atoms with E-state index < -0.39 is 22.8 Å². The van der Waals surface area contributed by atoms with Crippen molar-refractivity contribution < 1.29 is 15.0 Å². The van der Waals surface area contributed by atoms with E-state index in [0.29, 0.717) is 17.7 Å². The van der Waals surface area contributed by atoms with E-state index in [2.05, 4.69) is 27.9 Å². The molecule has 0 aliphatic heterocycles. The Morgan fingerprint density at radius 2 is 2.11 bits per heavy atom. The number of aromatic amines is 1. The van der Waals surface area contributed by atoms with Crippen LogP contribution in [0.3, 0.4) is 0 Å². The monoisotopic (exact) mass is 381 g/mol. The number of carboxylic acid groups (broad SMARTS) is 1. The highest BCUT2D eigenvalue weighted by molar-refractivity contribution is 6.01. The van der Waals surface area contributed by atoms with E-state index in [1.165, 1.54) is 0 Å². The van der Waals surface area contributed by atoms with Gasteiger partial charge in [-0.25, -0.2) is 4.79 Å². The zero-order chi connectivity index (χ0) is 20.0. The van der Waals surface area contributed by atoms with Crippen molar-refractivity contribution in [3.63, 3.8) is 0 Å². The lowest BCUT2D eigenvalue weighted by Gasteiger charge is -2.11. The summed E-state index contributed by atoms with van der Waals surface area (Å²) in [5.41, 5.74) is 3.87. The van der Waals surface area contributed by atoms with Crippen molar-refractivity contribution in [2.24, 2.45) is 7.05 Å². The fourth-order valence-electron chi connectivity index (χ4n) is 4.34. The van der Waals surface area contributed by atoms with Gasteiger partial charge in [0.05, 0.1) is 11.2 Å². The van der Waals surface area contributed by atoms with Crippen LogP contribution in [0.4, 0.5) is 0 Å². The Morgan fingerprint density at radius 3 is 2.82 bits per heavy atom. The third kappa shape index (κ3) is 2.62. The van der Waals surface area contributed by atoms with Crippen LogP contribution < -0.4 is 10.9 Å². The maximum Gasteiger partial charge on any atom is 0.345 e. The summed E-state index contributed by atoms with van der Waals surface area (Å²) in [6.45, 7) is 3.66. The van der Waals surface area contributed by atoms with Gasteiger partial charge in [0.2, 0.25) is 0 Å². The Morgan fingerprint density at radius 1 is 1.32 bits per heavy atom. The van der Waals surface area contributed by atoms with Gasteiger partial charge in [-0.3, -0.25) is 4.79 Å². The van der Waals surface area contributed by atoms with Crippen LogP contribution in [0.5, 0.6) is 5.75 Å². The second kappa shape index (κ2) is 6.83. The Balaban J connectivity index is 2.07. The van der Waals surface area contributed by atoms with Crippen LogP contribution in [0.1, 0.15) is 40.5 Å². The van der Waals surface area contributed by atoms with E-state index in [1.807, 2.05) is 19.2 Å². The molecule has 28 heavy (non-hydrogen) atoms. The van der Waals surface area contributed by atoms with E-state index >= 15 is 0 Å². The molecule has 1 aliphatic rings. The Labute approximate surface area is 161 Å². The molecular formula is C21H23N3O4. The number of benzene rings is 1. The lowest BCUT2D eigenvalue weighted by Crippen LogP contribution is -2.20. The van der Waals surface area contributed by atoms with Gasteiger partial charge in [-0.05, 0) is 31.4 Å². The molecule has 0 spiro atoms. The van der Waals surface area contributed by atoms with Crippen molar-refractivity contribution in [2.75, 3.05) is 6.54 Å². The SMILES string of the molecule is CCNCc1cccc2c3c(n(C)c12)CCCc1c-3[nH]c(=O)c(C(=O)O)c1O. The van der Waals surface area contributed by atoms with Gasteiger partial charge in [0.1, 0.15) is 5.75 Å². The van der Waals surface area contributed by atoms with E-state index in [9.17, 15) is 19.8 Å². The first-order valence-corrected chi connectivity index (χ1v) is 9.47. The van der Waals surface area contributed by atoms with Gasteiger partial charge in [0.15, 0.2) is 5.56 Å². The summed E-state index contributed by atoms with van der Waals surface area (Å²) < 4.78 is 2.16. The number of nitrogens with one attached hydrogen (secondary N) is 2. The number of pyridine rings is 1. The second-order valence-corrected chi connectivity index (χ2v) is 7.16. The Bertz CT molecular complexity index is 1160. The summed E-state index contributed by atoms with van der Waals surface area (Å²) in [4.78, 5) is 26.6. The number of H-pyrrole nitrogens is 1. The number of aryl methyl sites for hydroxylation is 1. The number of aromatic hydroxyl groups is 1. The number of hydrogen-bond acceptors (Lipinski definition) is 4. The topological polar surface area (TPSA) is 107 Å². The molecule has 0 saturated heterocycles. The first-order chi connectivity index (χ1) is 13.5. The molecule has 0 radical (unpaired) electrons. The van der Waals surface area contributed by atoms with Crippen molar-refractivity contribution >= 4 is 16.9 Å².